The van der Waals surface area contributed by atoms with E-state index in [2.05, 4.69) is 10.3 Å². The van der Waals surface area contributed by atoms with Gasteiger partial charge in [0.05, 0.1) is 5.69 Å². The third-order valence-electron chi connectivity index (χ3n) is 3.35. The van der Waals surface area contributed by atoms with Gasteiger partial charge in [-0.2, -0.15) is 0 Å². The van der Waals surface area contributed by atoms with Crippen molar-refractivity contribution in [3.63, 3.8) is 0 Å². The standard InChI is InChI=1S/C13H20N4O2S/c1-9-11(20-13(14)16-9)12(19)15-6-5-10(18)17-7-3-2-4-8-17/h2-8H2,1H3,(H2,14,16)(H,15,19). The molecule has 7 heteroatoms. The lowest BCUT2D eigenvalue weighted by Gasteiger charge is -2.26. The van der Waals surface area contributed by atoms with Crippen LogP contribution in [0.5, 0.6) is 0 Å². The smallest absolute Gasteiger partial charge is 0.263 e. The monoisotopic (exact) mass is 296 g/mol. The first-order valence-electron chi connectivity index (χ1n) is 6.87. The molecule has 2 rings (SSSR count). The van der Waals surface area contributed by atoms with E-state index in [1.54, 1.807) is 6.92 Å². The van der Waals surface area contributed by atoms with E-state index >= 15 is 0 Å². The van der Waals surface area contributed by atoms with Crippen LogP contribution >= 0.6 is 11.3 Å². The molecule has 1 aliphatic heterocycles. The van der Waals surface area contributed by atoms with E-state index < -0.39 is 0 Å². The molecule has 1 aromatic rings. The van der Waals surface area contributed by atoms with Crippen LogP contribution < -0.4 is 11.1 Å². The van der Waals surface area contributed by atoms with Gasteiger partial charge in [-0.1, -0.05) is 11.3 Å². The number of aryl methyl sites for hydroxylation is 1. The molecule has 2 amide bonds. The van der Waals surface area contributed by atoms with Gasteiger partial charge < -0.3 is 16.0 Å². The van der Waals surface area contributed by atoms with Gasteiger partial charge in [0, 0.05) is 26.1 Å². The Morgan fingerprint density at radius 2 is 2.05 bits per heavy atom. The van der Waals surface area contributed by atoms with E-state index in [1.165, 1.54) is 17.8 Å². The van der Waals surface area contributed by atoms with Gasteiger partial charge >= 0.3 is 0 Å². The summed E-state index contributed by atoms with van der Waals surface area (Å²) in [6.45, 7) is 3.79. The Labute approximate surface area is 122 Å². The number of nitrogens with two attached hydrogens (primary N) is 1. The third-order valence-corrected chi connectivity index (χ3v) is 4.34. The lowest BCUT2D eigenvalue weighted by molar-refractivity contribution is -0.131. The summed E-state index contributed by atoms with van der Waals surface area (Å²) >= 11 is 1.17. The first-order chi connectivity index (χ1) is 9.58. The number of hydrogen-bond acceptors (Lipinski definition) is 5. The third kappa shape index (κ3) is 3.69. The number of carbonyl (C=O) groups is 2. The Morgan fingerprint density at radius 3 is 2.65 bits per heavy atom. The highest BCUT2D eigenvalue weighted by Crippen LogP contribution is 2.19. The summed E-state index contributed by atoms with van der Waals surface area (Å²) in [5, 5.41) is 3.14. The number of rotatable bonds is 4. The highest BCUT2D eigenvalue weighted by Gasteiger charge is 2.17. The van der Waals surface area contributed by atoms with Gasteiger partial charge in [0.2, 0.25) is 5.91 Å². The fraction of sp³-hybridized carbons (Fsp3) is 0.615. The number of thiazole rings is 1. The molecular formula is C13H20N4O2S. The number of nitrogen functional groups attached to an aromatic ring is 1. The van der Waals surface area contributed by atoms with Crippen LogP contribution in [0.1, 0.15) is 41.0 Å². The van der Waals surface area contributed by atoms with E-state index in [0.29, 0.717) is 28.7 Å². The normalized spacial score (nSPS) is 15.2. The lowest BCUT2D eigenvalue weighted by Crippen LogP contribution is -2.37. The molecule has 2 heterocycles. The number of hydrogen-bond donors (Lipinski definition) is 2. The molecule has 0 spiro atoms. The molecular weight excluding hydrogens is 276 g/mol. The van der Waals surface area contributed by atoms with Gasteiger partial charge in [-0.3, -0.25) is 9.59 Å². The second-order valence-corrected chi connectivity index (χ2v) is 5.94. The number of likely N-dealkylation sites (tertiary alicyclic amines) is 1. The minimum atomic E-state index is -0.205. The Bertz CT molecular complexity index is 495. The molecule has 1 fully saturated rings. The van der Waals surface area contributed by atoms with Gasteiger partial charge in [-0.25, -0.2) is 4.98 Å². The number of piperidine rings is 1. The molecule has 6 nitrogen and oxygen atoms in total. The SMILES string of the molecule is Cc1nc(N)sc1C(=O)NCCC(=O)N1CCCCC1. The van der Waals surface area contributed by atoms with Crippen molar-refractivity contribution in [3.05, 3.63) is 10.6 Å². The second-order valence-electron chi connectivity index (χ2n) is 4.91. The van der Waals surface area contributed by atoms with Crippen molar-refractivity contribution in [1.82, 2.24) is 15.2 Å². The summed E-state index contributed by atoms with van der Waals surface area (Å²) in [5.41, 5.74) is 6.19. The van der Waals surface area contributed by atoms with E-state index in [-0.39, 0.29) is 11.8 Å². The average Bonchev–Trinajstić information content (AvgIpc) is 2.78. The molecule has 0 unspecified atom stereocenters. The lowest BCUT2D eigenvalue weighted by atomic mass is 10.1. The largest absolute Gasteiger partial charge is 0.375 e. The van der Waals surface area contributed by atoms with Crippen LogP contribution in [0.3, 0.4) is 0 Å². The Morgan fingerprint density at radius 1 is 1.35 bits per heavy atom. The van der Waals surface area contributed by atoms with Crippen molar-refractivity contribution < 1.29 is 9.59 Å². The first kappa shape index (κ1) is 14.8. The summed E-state index contributed by atoms with van der Waals surface area (Å²) < 4.78 is 0. The topological polar surface area (TPSA) is 88.3 Å². The zero-order chi connectivity index (χ0) is 14.5. The molecule has 3 N–H and O–H groups in total. The fourth-order valence-corrected chi connectivity index (χ4v) is 3.04. The second kappa shape index (κ2) is 6.69. The summed E-state index contributed by atoms with van der Waals surface area (Å²) in [6, 6.07) is 0. The zero-order valence-corrected chi connectivity index (χ0v) is 12.5. The molecule has 0 aliphatic carbocycles. The molecule has 1 aliphatic rings. The van der Waals surface area contributed by atoms with Gasteiger partial charge in [-0.15, -0.1) is 0 Å². The van der Waals surface area contributed by atoms with Gasteiger partial charge in [-0.05, 0) is 26.2 Å². The van der Waals surface area contributed by atoms with E-state index in [4.69, 9.17) is 5.73 Å². The molecule has 0 aromatic carbocycles. The van der Waals surface area contributed by atoms with Crippen molar-refractivity contribution in [2.24, 2.45) is 0 Å². The highest BCUT2D eigenvalue weighted by molar-refractivity contribution is 7.17. The molecule has 1 aromatic heterocycles. The summed E-state index contributed by atoms with van der Waals surface area (Å²) in [6.07, 6.45) is 3.71. The Kier molecular flexibility index (Phi) is 4.94. The molecule has 0 radical (unpaired) electrons. The predicted molar refractivity (Wildman–Crippen MR) is 78.6 cm³/mol. The molecule has 110 valence electrons. The van der Waals surface area contributed by atoms with Crippen molar-refractivity contribution in [2.45, 2.75) is 32.6 Å². The van der Waals surface area contributed by atoms with Crippen LogP contribution in [0.4, 0.5) is 5.13 Å². The van der Waals surface area contributed by atoms with Crippen LogP contribution in [0.2, 0.25) is 0 Å². The van der Waals surface area contributed by atoms with Gasteiger partial charge in [0.25, 0.3) is 5.91 Å². The minimum Gasteiger partial charge on any atom is -0.375 e. The number of carbonyl (C=O) groups excluding carboxylic acids is 2. The van der Waals surface area contributed by atoms with Crippen LogP contribution in [0, 0.1) is 6.92 Å². The van der Waals surface area contributed by atoms with E-state index in [9.17, 15) is 9.59 Å². The number of nitrogens with one attached hydrogen (secondary N) is 1. The quantitative estimate of drug-likeness (QED) is 0.873. The average molecular weight is 296 g/mol. The van der Waals surface area contributed by atoms with Crippen LogP contribution in [-0.2, 0) is 4.79 Å². The van der Waals surface area contributed by atoms with E-state index in [1.807, 2.05) is 4.90 Å². The van der Waals surface area contributed by atoms with Crippen LogP contribution in [0.25, 0.3) is 0 Å². The predicted octanol–water partition coefficient (Wildman–Crippen LogP) is 1.17. The zero-order valence-electron chi connectivity index (χ0n) is 11.6. The Hall–Kier alpha value is -1.63. The van der Waals surface area contributed by atoms with Crippen LogP contribution in [-0.4, -0.2) is 41.3 Å². The van der Waals surface area contributed by atoms with Gasteiger partial charge in [0.1, 0.15) is 4.88 Å². The molecule has 20 heavy (non-hydrogen) atoms. The number of amides is 2. The summed E-state index contributed by atoms with van der Waals surface area (Å²) in [4.78, 5) is 30.3. The van der Waals surface area contributed by atoms with Crippen LogP contribution in [0.15, 0.2) is 0 Å². The summed E-state index contributed by atoms with van der Waals surface area (Å²) in [7, 11) is 0. The number of anilines is 1. The first-order valence-corrected chi connectivity index (χ1v) is 7.68. The molecule has 0 bridgehead atoms. The maximum absolute atomic E-state index is 11.9. The minimum absolute atomic E-state index is 0.116. The fourth-order valence-electron chi connectivity index (χ4n) is 2.29. The Balaban J connectivity index is 1.76. The number of aromatic nitrogens is 1. The maximum atomic E-state index is 11.9. The molecule has 1 saturated heterocycles. The van der Waals surface area contributed by atoms with Crippen molar-refractivity contribution in [1.29, 1.82) is 0 Å². The maximum Gasteiger partial charge on any atom is 0.263 e. The van der Waals surface area contributed by atoms with Gasteiger partial charge in [0.15, 0.2) is 5.13 Å². The van der Waals surface area contributed by atoms with Crippen molar-refractivity contribution >= 4 is 28.3 Å². The number of nitrogens with zero attached hydrogens (tertiary/aromatic N) is 2. The molecule has 0 saturated carbocycles. The van der Waals surface area contributed by atoms with Crippen molar-refractivity contribution in [3.8, 4) is 0 Å². The van der Waals surface area contributed by atoms with E-state index in [0.717, 1.165) is 25.9 Å². The molecule has 0 atom stereocenters. The summed E-state index contributed by atoms with van der Waals surface area (Å²) in [5.74, 6) is -0.0892. The van der Waals surface area contributed by atoms with Crippen molar-refractivity contribution in [2.75, 3.05) is 25.4 Å². The highest BCUT2D eigenvalue weighted by atomic mass is 32.1.